The van der Waals surface area contributed by atoms with Crippen LogP contribution in [0.5, 0.6) is 5.88 Å². The third-order valence-corrected chi connectivity index (χ3v) is 3.87. The molecule has 0 saturated carbocycles. The number of pyridine rings is 1. The lowest BCUT2D eigenvalue weighted by atomic mass is 10.0. The average molecular weight is 399 g/mol. The molecule has 29 heavy (non-hydrogen) atoms. The van der Waals surface area contributed by atoms with E-state index in [9.17, 15) is 9.59 Å². The summed E-state index contributed by atoms with van der Waals surface area (Å²) < 4.78 is 11.0. The SMILES string of the molecule is CNC(=O)C(=NOC)c1ccccc1COc1ncc(C(=O)OC(C)C)cc1C. The van der Waals surface area contributed by atoms with Gasteiger partial charge in [0, 0.05) is 24.4 Å². The Kier molecular flexibility index (Phi) is 7.70. The summed E-state index contributed by atoms with van der Waals surface area (Å²) in [6.45, 7) is 5.52. The average Bonchev–Trinajstić information content (AvgIpc) is 2.70. The van der Waals surface area contributed by atoms with Crippen molar-refractivity contribution in [1.29, 1.82) is 0 Å². The highest BCUT2D eigenvalue weighted by molar-refractivity contribution is 6.45. The second-order valence-corrected chi connectivity index (χ2v) is 6.45. The first kappa shape index (κ1) is 21.9. The number of benzene rings is 1. The first-order valence-corrected chi connectivity index (χ1v) is 9.09. The maximum absolute atomic E-state index is 12.1. The zero-order chi connectivity index (χ0) is 21.4. The lowest BCUT2D eigenvalue weighted by Crippen LogP contribution is -2.29. The van der Waals surface area contributed by atoms with Crippen molar-refractivity contribution in [1.82, 2.24) is 10.3 Å². The lowest BCUT2D eigenvalue weighted by molar-refractivity contribution is -0.114. The van der Waals surface area contributed by atoms with Gasteiger partial charge in [0.1, 0.15) is 13.7 Å². The number of ether oxygens (including phenoxy) is 2. The van der Waals surface area contributed by atoms with E-state index in [1.54, 1.807) is 39.0 Å². The summed E-state index contributed by atoms with van der Waals surface area (Å²) in [4.78, 5) is 33.2. The van der Waals surface area contributed by atoms with Gasteiger partial charge in [-0.15, -0.1) is 0 Å². The molecule has 0 radical (unpaired) electrons. The molecule has 8 nitrogen and oxygen atoms in total. The van der Waals surface area contributed by atoms with Gasteiger partial charge in [0.25, 0.3) is 5.91 Å². The molecule has 2 rings (SSSR count). The van der Waals surface area contributed by atoms with Gasteiger partial charge in [0.2, 0.25) is 5.88 Å². The van der Waals surface area contributed by atoms with Crippen molar-refractivity contribution in [2.75, 3.05) is 14.2 Å². The summed E-state index contributed by atoms with van der Waals surface area (Å²) in [5, 5.41) is 6.38. The number of rotatable bonds is 8. The number of hydrogen-bond donors (Lipinski definition) is 1. The molecule has 8 heteroatoms. The Balaban J connectivity index is 2.22. The molecule has 1 aromatic carbocycles. The fourth-order valence-corrected chi connectivity index (χ4v) is 2.55. The summed E-state index contributed by atoms with van der Waals surface area (Å²) in [5.74, 6) is -0.425. The Labute approximate surface area is 169 Å². The van der Waals surface area contributed by atoms with E-state index in [2.05, 4.69) is 15.5 Å². The number of aryl methyl sites for hydroxylation is 1. The Bertz CT molecular complexity index is 909. The van der Waals surface area contributed by atoms with Gasteiger partial charge in [-0.25, -0.2) is 9.78 Å². The fraction of sp³-hybridized carbons (Fsp3) is 0.333. The molecule has 1 aromatic heterocycles. The van der Waals surface area contributed by atoms with Gasteiger partial charge >= 0.3 is 5.97 Å². The molecule has 0 unspecified atom stereocenters. The van der Waals surface area contributed by atoms with Crippen LogP contribution in [0.1, 0.15) is 40.9 Å². The third kappa shape index (κ3) is 5.78. The molecule has 1 heterocycles. The predicted molar refractivity (Wildman–Crippen MR) is 108 cm³/mol. The van der Waals surface area contributed by atoms with E-state index >= 15 is 0 Å². The van der Waals surface area contributed by atoms with E-state index in [1.807, 2.05) is 12.1 Å². The minimum absolute atomic E-state index is 0.144. The smallest absolute Gasteiger partial charge is 0.339 e. The molecular formula is C21H25N3O5. The van der Waals surface area contributed by atoms with E-state index < -0.39 is 5.97 Å². The van der Waals surface area contributed by atoms with Crippen molar-refractivity contribution in [3.05, 3.63) is 58.8 Å². The van der Waals surface area contributed by atoms with Crippen LogP contribution in [-0.2, 0) is 21.0 Å². The minimum atomic E-state index is -0.432. The van der Waals surface area contributed by atoms with Crippen molar-refractivity contribution >= 4 is 17.6 Å². The molecule has 0 aliphatic carbocycles. The molecule has 0 aliphatic heterocycles. The van der Waals surface area contributed by atoms with E-state index in [4.69, 9.17) is 14.3 Å². The molecule has 2 aromatic rings. The minimum Gasteiger partial charge on any atom is -0.473 e. The number of amides is 1. The standard InChI is InChI=1S/C21H25N3O5/c1-13(2)29-21(26)16-10-14(3)20(23-11-16)28-12-15-8-6-7-9-17(15)18(24-27-5)19(25)22-4/h6-11,13H,12H2,1-5H3,(H,22,25). The number of hydrogen-bond acceptors (Lipinski definition) is 7. The van der Waals surface area contributed by atoms with E-state index in [-0.39, 0.29) is 24.3 Å². The van der Waals surface area contributed by atoms with E-state index in [1.165, 1.54) is 20.4 Å². The van der Waals surface area contributed by atoms with Crippen LogP contribution in [0.25, 0.3) is 0 Å². The van der Waals surface area contributed by atoms with E-state index in [0.29, 0.717) is 22.6 Å². The topological polar surface area (TPSA) is 99.1 Å². The molecule has 0 saturated heterocycles. The number of nitrogens with one attached hydrogen (secondary N) is 1. The molecule has 0 atom stereocenters. The van der Waals surface area contributed by atoms with Crippen LogP contribution < -0.4 is 10.1 Å². The van der Waals surface area contributed by atoms with Crippen LogP contribution in [0, 0.1) is 6.92 Å². The van der Waals surface area contributed by atoms with Gasteiger partial charge < -0.3 is 19.6 Å². The fourth-order valence-electron chi connectivity index (χ4n) is 2.55. The number of carbonyl (C=O) groups is 2. The van der Waals surface area contributed by atoms with Crippen LogP contribution in [0.2, 0.25) is 0 Å². The predicted octanol–water partition coefficient (Wildman–Crippen LogP) is 2.63. The van der Waals surface area contributed by atoms with Crippen molar-refractivity contribution in [2.45, 2.75) is 33.5 Å². The van der Waals surface area contributed by atoms with Gasteiger partial charge in [-0.1, -0.05) is 29.4 Å². The monoisotopic (exact) mass is 399 g/mol. The van der Waals surface area contributed by atoms with Crippen molar-refractivity contribution in [3.63, 3.8) is 0 Å². The second-order valence-electron chi connectivity index (χ2n) is 6.45. The van der Waals surface area contributed by atoms with Crippen molar-refractivity contribution in [2.24, 2.45) is 5.16 Å². The van der Waals surface area contributed by atoms with Gasteiger partial charge in [-0.3, -0.25) is 4.79 Å². The van der Waals surface area contributed by atoms with Gasteiger partial charge in [0.05, 0.1) is 11.7 Å². The normalized spacial score (nSPS) is 11.2. The highest BCUT2D eigenvalue weighted by Crippen LogP contribution is 2.19. The highest BCUT2D eigenvalue weighted by atomic mass is 16.6. The van der Waals surface area contributed by atoms with Crippen LogP contribution in [0.4, 0.5) is 0 Å². The van der Waals surface area contributed by atoms with Gasteiger partial charge in [-0.05, 0) is 32.4 Å². The number of oxime groups is 1. The molecular weight excluding hydrogens is 374 g/mol. The summed E-state index contributed by atoms with van der Waals surface area (Å²) in [7, 11) is 2.90. The summed E-state index contributed by atoms with van der Waals surface area (Å²) >= 11 is 0. The number of carbonyl (C=O) groups excluding carboxylic acids is 2. The Morgan fingerprint density at radius 1 is 1.24 bits per heavy atom. The Hall–Kier alpha value is -3.42. The molecule has 1 amide bonds. The number of aromatic nitrogens is 1. The zero-order valence-corrected chi connectivity index (χ0v) is 17.2. The third-order valence-electron chi connectivity index (χ3n) is 3.87. The molecule has 1 N–H and O–H groups in total. The molecule has 0 fully saturated rings. The number of nitrogens with zero attached hydrogens (tertiary/aromatic N) is 2. The van der Waals surface area contributed by atoms with Gasteiger partial charge in [0.15, 0.2) is 5.71 Å². The van der Waals surface area contributed by atoms with E-state index in [0.717, 1.165) is 5.56 Å². The van der Waals surface area contributed by atoms with Crippen LogP contribution >= 0.6 is 0 Å². The maximum Gasteiger partial charge on any atom is 0.339 e. The largest absolute Gasteiger partial charge is 0.473 e. The van der Waals surface area contributed by atoms with Gasteiger partial charge in [-0.2, -0.15) is 0 Å². The Morgan fingerprint density at radius 2 is 1.97 bits per heavy atom. The Morgan fingerprint density at radius 3 is 2.59 bits per heavy atom. The molecule has 0 spiro atoms. The highest BCUT2D eigenvalue weighted by Gasteiger charge is 2.18. The number of esters is 1. The number of likely N-dealkylation sites (N-methyl/N-ethyl adjacent to an activating group) is 1. The quantitative estimate of drug-likeness (QED) is 0.416. The molecule has 0 aliphatic rings. The summed E-state index contributed by atoms with van der Waals surface area (Å²) in [6, 6.07) is 8.89. The van der Waals surface area contributed by atoms with Crippen LogP contribution in [0.3, 0.4) is 0 Å². The summed E-state index contributed by atoms with van der Waals surface area (Å²) in [5.41, 5.74) is 2.52. The second kappa shape index (κ2) is 10.2. The molecule has 154 valence electrons. The zero-order valence-electron chi connectivity index (χ0n) is 17.2. The summed E-state index contributed by atoms with van der Waals surface area (Å²) in [6.07, 6.45) is 1.21. The maximum atomic E-state index is 12.1. The van der Waals surface area contributed by atoms with Crippen molar-refractivity contribution < 1.29 is 23.9 Å². The van der Waals surface area contributed by atoms with Crippen LogP contribution in [0.15, 0.2) is 41.7 Å². The lowest BCUT2D eigenvalue weighted by Gasteiger charge is -2.13. The van der Waals surface area contributed by atoms with Crippen LogP contribution in [-0.4, -0.2) is 42.8 Å². The molecule has 0 bridgehead atoms. The first-order valence-electron chi connectivity index (χ1n) is 9.09. The first-order chi connectivity index (χ1) is 13.9. The van der Waals surface area contributed by atoms with Crippen molar-refractivity contribution in [3.8, 4) is 5.88 Å².